The van der Waals surface area contributed by atoms with Crippen LogP contribution in [0.4, 0.5) is 5.82 Å². The van der Waals surface area contributed by atoms with E-state index in [9.17, 15) is 18.0 Å². The van der Waals surface area contributed by atoms with Crippen LogP contribution in [-0.4, -0.2) is 65.4 Å². The number of sulfonamides is 1. The number of aryl methyl sites for hydroxylation is 2. The molecule has 1 aromatic carbocycles. The molecular weight excluding hydrogens is 538 g/mol. The van der Waals surface area contributed by atoms with Crippen LogP contribution in [0.5, 0.6) is 0 Å². The lowest BCUT2D eigenvalue weighted by atomic mass is 10.1. The minimum Gasteiger partial charge on any atom is -0.476 e. The van der Waals surface area contributed by atoms with Gasteiger partial charge in [0.25, 0.3) is 10.0 Å². The lowest BCUT2D eigenvalue weighted by molar-refractivity contribution is -0.125. The van der Waals surface area contributed by atoms with E-state index in [0.29, 0.717) is 5.82 Å². The van der Waals surface area contributed by atoms with Crippen molar-refractivity contribution in [1.29, 1.82) is 0 Å². The predicted molar refractivity (Wildman–Crippen MR) is 149 cm³/mol. The fourth-order valence-electron chi connectivity index (χ4n) is 4.48. The van der Waals surface area contributed by atoms with E-state index in [1.54, 1.807) is 11.0 Å². The summed E-state index contributed by atoms with van der Waals surface area (Å²) in [4.78, 5) is 35.5. The third-order valence-electron chi connectivity index (χ3n) is 6.54. The number of amides is 1. The normalized spacial score (nSPS) is 16.3. The molecule has 0 radical (unpaired) electrons. The van der Waals surface area contributed by atoms with Crippen molar-refractivity contribution >= 4 is 39.1 Å². The van der Waals surface area contributed by atoms with Crippen LogP contribution in [0.2, 0.25) is 0 Å². The van der Waals surface area contributed by atoms with Gasteiger partial charge >= 0.3 is 5.97 Å². The Morgan fingerprint density at radius 2 is 1.72 bits per heavy atom. The first-order valence-corrected chi connectivity index (χ1v) is 15.2. The van der Waals surface area contributed by atoms with Gasteiger partial charge in [0.15, 0.2) is 5.69 Å². The van der Waals surface area contributed by atoms with Gasteiger partial charge in [0.05, 0.1) is 12.4 Å². The van der Waals surface area contributed by atoms with E-state index in [-0.39, 0.29) is 36.1 Å². The molecule has 2 aromatic heterocycles. The van der Waals surface area contributed by atoms with Crippen molar-refractivity contribution in [1.82, 2.24) is 19.6 Å². The molecule has 208 valence electrons. The zero-order valence-corrected chi connectivity index (χ0v) is 23.7. The largest absolute Gasteiger partial charge is 0.476 e. The Morgan fingerprint density at radius 1 is 1.00 bits per heavy atom. The van der Waals surface area contributed by atoms with Gasteiger partial charge in [-0.25, -0.2) is 23.2 Å². The lowest BCUT2D eigenvalue weighted by Crippen LogP contribution is -2.60. The van der Waals surface area contributed by atoms with E-state index in [1.807, 2.05) is 37.3 Å². The van der Waals surface area contributed by atoms with E-state index in [1.165, 1.54) is 27.4 Å². The summed E-state index contributed by atoms with van der Waals surface area (Å²) in [7, 11) is -3.92. The molecule has 3 aromatic rings. The number of anilines is 1. The van der Waals surface area contributed by atoms with Crippen molar-refractivity contribution in [2.45, 2.75) is 56.3 Å². The first-order chi connectivity index (χ1) is 18.7. The average Bonchev–Trinajstić information content (AvgIpc) is 3.42. The van der Waals surface area contributed by atoms with Crippen LogP contribution in [0.25, 0.3) is 0 Å². The van der Waals surface area contributed by atoms with Gasteiger partial charge < -0.3 is 15.3 Å². The number of aromatic carboxylic acids is 1. The number of thiophene rings is 1. The molecule has 1 aliphatic rings. The molecule has 1 aliphatic heterocycles. The molecule has 39 heavy (non-hydrogen) atoms. The Hall–Kier alpha value is -3.35. The molecule has 3 heterocycles. The van der Waals surface area contributed by atoms with Gasteiger partial charge in [0.2, 0.25) is 5.91 Å². The van der Waals surface area contributed by atoms with E-state index in [0.717, 1.165) is 42.3 Å². The Kier molecular flexibility index (Phi) is 9.31. The molecule has 0 bridgehead atoms. The number of carboxylic acids is 1. The first kappa shape index (κ1) is 28.7. The maximum Gasteiger partial charge on any atom is 0.356 e. The number of carbonyl (C=O) groups excluding carboxylic acids is 1. The van der Waals surface area contributed by atoms with Crippen molar-refractivity contribution in [2.24, 2.45) is 0 Å². The zero-order chi connectivity index (χ0) is 28.0. The van der Waals surface area contributed by atoms with Crippen molar-refractivity contribution in [2.75, 3.05) is 24.5 Å². The number of rotatable bonds is 11. The highest BCUT2D eigenvalue weighted by molar-refractivity contribution is 7.91. The molecule has 0 aliphatic carbocycles. The summed E-state index contributed by atoms with van der Waals surface area (Å²) in [6.07, 6.45) is 6.21. The number of nitrogens with one attached hydrogen (secondary N) is 1. The fraction of sp³-hybridized carbons (Fsp3) is 0.407. The molecule has 1 fully saturated rings. The fourth-order valence-corrected chi connectivity index (χ4v) is 7.64. The summed E-state index contributed by atoms with van der Waals surface area (Å²) in [6.45, 7) is 4.81. The number of aromatic nitrogens is 2. The maximum absolute atomic E-state index is 13.7. The van der Waals surface area contributed by atoms with Gasteiger partial charge in [0.1, 0.15) is 16.1 Å². The molecule has 2 N–H and O–H groups in total. The van der Waals surface area contributed by atoms with Crippen LogP contribution >= 0.6 is 11.3 Å². The second-order valence-corrected chi connectivity index (χ2v) is 12.7. The SMILES string of the molecule is CCCc1ccc(CNC(=O)[C@H]2CN(c3cnc(C(=O)O)cn3)CCN2S(=O)(=O)c2ccc(CCC)s2)cc1. The third kappa shape index (κ3) is 6.81. The topological polar surface area (TPSA) is 133 Å². The summed E-state index contributed by atoms with van der Waals surface area (Å²) < 4.78 is 28.9. The quantitative estimate of drug-likeness (QED) is 0.358. The maximum atomic E-state index is 13.7. The highest BCUT2D eigenvalue weighted by Gasteiger charge is 2.41. The smallest absolute Gasteiger partial charge is 0.356 e. The highest BCUT2D eigenvalue weighted by Crippen LogP contribution is 2.29. The Labute approximate surface area is 232 Å². The highest BCUT2D eigenvalue weighted by atomic mass is 32.2. The molecular formula is C27H33N5O5S2. The van der Waals surface area contributed by atoms with Crippen LogP contribution in [0, 0.1) is 0 Å². The molecule has 10 nitrogen and oxygen atoms in total. The minimum atomic E-state index is -3.92. The van der Waals surface area contributed by atoms with E-state index < -0.39 is 27.9 Å². The van der Waals surface area contributed by atoms with Crippen LogP contribution in [0.1, 0.15) is 53.2 Å². The number of hydrogen-bond donors (Lipinski definition) is 2. The third-order valence-corrected chi connectivity index (χ3v) is 10.1. The monoisotopic (exact) mass is 571 g/mol. The van der Waals surface area contributed by atoms with Gasteiger partial charge in [-0.2, -0.15) is 4.31 Å². The molecule has 4 rings (SSSR count). The molecule has 1 atom stereocenters. The van der Waals surface area contributed by atoms with Gasteiger partial charge in [-0.05, 0) is 36.1 Å². The number of nitrogens with zero attached hydrogens (tertiary/aromatic N) is 4. The summed E-state index contributed by atoms with van der Waals surface area (Å²) >= 11 is 1.24. The number of hydrogen-bond acceptors (Lipinski definition) is 8. The van der Waals surface area contributed by atoms with Crippen molar-refractivity contribution in [3.05, 3.63) is 70.5 Å². The van der Waals surface area contributed by atoms with Gasteiger partial charge in [-0.15, -0.1) is 11.3 Å². The van der Waals surface area contributed by atoms with Crippen molar-refractivity contribution in [3.63, 3.8) is 0 Å². The van der Waals surface area contributed by atoms with E-state index >= 15 is 0 Å². The van der Waals surface area contributed by atoms with Gasteiger partial charge in [-0.1, -0.05) is 51.0 Å². The van der Waals surface area contributed by atoms with Crippen LogP contribution in [0.3, 0.4) is 0 Å². The van der Waals surface area contributed by atoms with E-state index in [2.05, 4.69) is 22.2 Å². The molecule has 0 saturated carbocycles. The Balaban J connectivity index is 1.56. The second-order valence-electron chi connectivity index (χ2n) is 9.40. The van der Waals surface area contributed by atoms with Crippen molar-refractivity contribution in [3.8, 4) is 0 Å². The van der Waals surface area contributed by atoms with Gasteiger partial charge in [0, 0.05) is 31.1 Å². The van der Waals surface area contributed by atoms with Crippen LogP contribution in [0.15, 0.2) is 53.0 Å². The number of benzene rings is 1. The number of carboxylic acid groups (broad SMARTS) is 1. The molecule has 1 amide bonds. The van der Waals surface area contributed by atoms with Crippen LogP contribution in [-0.2, 0) is 34.2 Å². The molecule has 0 unspecified atom stereocenters. The van der Waals surface area contributed by atoms with Crippen LogP contribution < -0.4 is 10.2 Å². The molecule has 0 spiro atoms. The minimum absolute atomic E-state index is 0.0504. The summed E-state index contributed by atoms with van der Waals surface area (Å²) in [5.41, 5.74) is 1.95. The summed E-state index contributed by atoms with van der Waals surface area (Å²) in [5, 5.41) is 12.0. The molecule has 1 saturated heterocycles. The van der Waals surface area contributed by atoms with Gasteiger partial charge in [-0.3, -0.25) is 4.79 Å². The standard InChI is InChI=1S/C27H33N5O5S2/c1-3-5-19-7-9-20(10-8-19)15-30-26(33)23-18-31(24-17-28-22(16-29-24)27(34)35)13-14-32(23)39(36,37)25-12-11-21(38-25)6-4-2/h7-12,16-17,23H,3-6,13-15,18H2,1-2H3,(H,30,33)(H,34,35)/t23-/m1/s1. The predicted octanol–water partition coefficient (Wildman–Crippen LogP) is 3.34. The average molecular weight is 572 g/mol. The number of carbonyl (C=O) groups is 2. The Bertz CT molecular complexity index is 1390. The first-order valence-electron chi connectivity index (χ1n) is 13.0. The summed E-state index contributed by atoms with van der Waals surface area (Å²) in [5.74, 6) is -1.23. The lowest BCUT2D eigenvalue weighted by Gasteiger charge is -2.39. The van der Waals surface area contributed by atoms with Crippen molar-refractivity contribution < 1.29 is 23.1 Å². The molecule has 12 heteroatoms. The number of piperazine rings is 1. The Morgan fingerprint density at radius 3 is 2.36 bits per heavy atom. The second kappa shape index (κ2) is 12.7. The van der Waals surface area contributed by atoms with E-state index in [4.69, 9.17) is 5.11 Å². The zero-order valence-electron chi connectivity index (χ0n) is 22.0. The summed E-state index contributed by atoms with van der Waals surface area (Å²) in [6, 6.07) is 10.4.